The molecule has 2 aromatic heterocycles. The number of nitrogens with zero attached hydrogens (tertiary/aromatic N) is 1. The summed E-state index contributed by atoms with van der Waals surface area (Å²) < 4.78 is 6.59. The van der Waals surface area contributed by atoms with Crippen LogP contribution in [0.4, 0.5) is 0 Å². The molecule has 0 fully saturated rings. The first kappa shape index (κ1) is 16.5. The molecule has 0 radical (unpaired) electrons. The SMILES string of the molecule is CCCc1ccc(-c2cc3scc(CC(=O)OC)n3c2C=O)cc1. The average molecular weight is 341 g/mol. The third-order valence-corrected chi connectivity index (χ3v) is 5.01. The predicted molar refractivity (Wildman–Crippen MR) is 95.8 cm³/mol. The molecule has 0 aliphatic carbocycles. The lowest BCUT2D eigenvalue weighted by Crippen LogP contribution is -2.07. The molecule has 3 rings (SSSR count). The quantitative estimate of drug-likeness (QED) is 0.500. The fourth-order valence-electron chi connectivity index (χ4n) is 2.89. The molecule has 0 spiro atoms. The number of fused-ring (bicyclic) bond motifs is 1. The first-order valence-electron chi connectivity index (χ1n) is 7.91. The van der Waals surface area contributed by atoms with Gasteiger partial charge in [0.25, 0.3) is 0 Å². The molecule has 124 valence electrons. The second-order valence-corrected chi connectivity index (χ2v) is 6.55. The molecule has 0 saturated heterocycles. The van der Waals surface area contributed by atoms with E-state index >= 15 is 0 Å². The Balaban J connectivity index is 2.05. The van der Waals surface area contributed by atoms with E-state index in [0.29, 0.717) is 5.69 Å². The Labute approximate surface area is 144 Å². The van der Waals surface area contributed by atoms with Crippen molar-refractivity contribution in [3.63, 3.8) is 0 Å². The summed E-state index contributed by atoms with van der Waals surface area (Å²) in [7, 11) is 1.37. The van der Waals surface area contributed by atoms with Gasteiger partial charge in [0.05, 0.1) is 19.2 Å². The minimum Gasteiger partial charge on any atom is -0.469 e. The monoisotopic (exact) mass is 341 g/mol. The lowest BCUT2D eigenvalue weighted by molar-refractivity contribution is -0.139. The van der Waals surface area contributed by atoms with Crippen molar-refractivity contribution in [2.75, 3.05) is 7.11 Å². The number of hydrogen-bond acceptors (Lipinski definition) is 4. The molecule has 24 heavy (non-hydrogen) atoms. The number of benzene rings is 1. The molecule has 1 aromatic carbocycles. The summed E-state index contributed by atoms with van der Waals surface area (Å²) in [5, 5.41) is 1.90. The second kappa shape index (κ2) is 7.01. The first-order valence-corrected chi connectivity index (χ1v) is 8.79. The molecule has 0 aliphatic rings. The van der Waals surface area contributed by atoms with E-state index in [0.717, 1.165) is 40.8 Å². The average Bonchev–Trinajstić information content (AvgIpc) is 3.15. The topological polar surface area (TPSA) is 47.8 Å². The smallest absolute Gasteiger partial charge is 0.311 e. The number of esters is 1. The number of ether oxygens (including phenoxy) is 1. The van der Waals surface area contributed by atoms with Gasteiger partial charge in [-0.3, -0.25) is 9.59 Å². The second-order valence-electron chi connectivity index (χ2n) is 5.66. The van der Waals surface area contributed by atoms with Crippen LogP contribution in [0, 0.1) is 0 Å². The summed E-state index contributed by atoms with van der Waals surface area (Å²) in [5.74, 6) is -0.314. The molecule has 5 heteroatoms. The summed E-state index contributed by atoms with van der Waals surface area (Å²) in [5.41, 5.74) is 4.55. The van der Waals surface area contributed by atoms with Crippen LogP contribution in [0.3, 0.4) is 0 Å². The van der Waals surface area contributed by atoms with Crippen LogP contribution >= 0.6 is 11.3 Å². The minimum atomic E-state index is -0.314. The van der Waals surface area contributed by atoms with E-state index in [1.54, 1.807) is 0 Å². The summed E-state index contributed by atoms with van der Waals surface area (Å²) in [6.45, 7) is 2.16. The first-order chi connectivity index (χ1) is 11.7. The highest BCUT2D eigenvalue weighted by atomic mass is 32.1. The Hall–Kier alpha value is -2.40. The largest absolute Gasteiger partial charge is 0.469 e. The number of aldehydes is 1. The van der Waals surface area contributed by atoms with Crippen molar-refractivity contribution in [1.82, 2.24) is 4.40 Å². The fraction of sp³-hybridized carbons (Fsp3) is 0.263. The molecule has 0 atom stereocenters. The van der Waals surface area contributed by atoms with Gasteiger partial charge in [0.2, 0.25) is 0 Å². The molecular weight excluding hydrogens is 322 g/mol. The van der Waals surface area contributed by atoms with Crippen molar-refractivity contribution in [2.45, 2.75) is 26.2 Å². The van der Waals surface area contributed by atoms with Gasteiger partial charge in [-0.2, -0.15) is 0 Å². The zero-order chi connectivity index (χ0) is 17.1. The van der Waals surface area contributed by atoms with Crippen LogP contribution < -0.4 is 0 Å². The third-order valence-electron chi connectivity index (χ3n) is 4.08. The van der Waals surface area contributed by atoms with Crippen LogP contribution in [0.25, 0.3) is 16.0 Å². The van der Waals surface area contributed by atoms with Crippen LogP contribution in [-0.2, 0) is 22.4 Å². The normalized spacial score (nSPS) is 10.9. The van der Waals surface area contributed by atoms with Crippen molar-refractivity contribution in [1.29, 1.82) is 0 Å². The summed E-state index contributed by atoms with van der Waals surface area (Å²) in [6, 6.07) is 10.3. The van der Waals surface area contributed by atoms with Crippen LogP contribution in [0.5, 0.6) is 0 Å². The molecular formula is C19H19NO3S. The maximum Gasteiger partial charge on any atom is 0.311 e. The molecule has 0 aliphatic heterocycles. The third kappa shape index (κ3) is 2.99. The van der Waals surface area contributed by atoms with E-state index < -0.39 is 0 Å². The highest BCUT2D eigenvalue weighted by Gasteiger charge is 2.17. The lowest BCUT2D eigenvalue weighted by atomic mass is 10.0. The molecule has 0 bridgehead atoms. The van der Waals surface area contributed by atoms with Crippen LogP contribution in [0.15, 0.2) is 35.7 Å². The molecule has 0 N–H and O–H groups in total. The van der Waals surface area contributed by atoms with E-state index in [9.17, 15) is 9.59 Å². The lowest BCUT2D eigenvalue weighted by Gasteiger charge is -2.04. The van der Waals surface area contributed by atoms with Gasteiger partial charge in [-0.25, -0.2) is 0 Å². The van der Waals surface area contributed by atoms with Gasteiger partial charge in [-0.1, -0.05) is 37.6 Å². The van der Waals surface area contributed by atoms with Crippen molar-refractivity contribution in [3.8, 4) is 11.1 Å². The summed E-state index contributed by atoms with van der Waals surface area (Å²) >= 11 is 1.52. The van der Waals surface area contributed by atoms with Crippen molar-refractivity contribution < 1.29 is 14.3 Å². The number of hydrogen-bond donors (Lipinski definition) is 0. The van der Waals surface area contributed by atoms with E-state index in [-0.39, 0.29) is 12.4 Å². The van der Waals surface area contributed by atoms with Gasteiger partial charge >= 0.3 is 5.97 Å². The number of carbonyl (C=O) groups excluding carboxylic acids is 2. The molecule has 3 aromatic rings. The molecule has 4 nitrogen and oxygen atoms in total. The predicted octanol–water partition coefficient (Wildman–Crippen LogP) is 4.15. The van der Waals surface area contributed by atoms with Gasteiger partial charge in [-0.05, 0) is 23.6 Å². The van der Waals surface area contributed by atoms with Crippen molar-refractivity contribution >= 4 is 28.4 Å². The maximum absolute atomic E-state index is 11.7. The number of thiazole rings is 1. The standard InChI is InChI=1S/C19H19NO3S/c1-3-4-13-5-7-14(8-6-13)16-10-18-20(17(16)11-21)15(12-24-18)9-19(22)23-2/h5-8,10-12H,3-4,9H2,1-2H3. The Morgan fingerprint density at radius 2 is 2.04 bits per heavy atom. The highest BCUT2D eigenvalue weighted by Crippen LogP contribution is 2.31. The Kier molecular flexibility index (Phi) is 4.81. The van der Waals surface area contributed by atoms with Crippen LogP contribution in [-0.4, -0.2) is 23.8 Å². The van der Waals surface area contributed by atoms with Gasteiger partial charge in [0.15, 0.2) is 6.29 Å². The summed E-state index contributed by atoms with van der Waals surface area (Å²) in [6.07, 6.45) is 3.17. The number of aryl methyl sites for hydroxylation is 1. The van der Waals surface area contributed by atoms with Gasteiger partial charge in [0.1, 0.15) is 4.83 Å². The molecule has 0 unspecified atom stereocenters. The zero-order valence-corrected chi connectivity index (χ0v) is 14.6. The minimum absolute atomic E-state index is 0.154. The van der Waals surface area contributed by atoms with Gasteiger partial charge in [-0.15, -0.1) is 11.3 Å². The van der Waals surface area contributed by atoms with E-state index in [1.807, 2.05) is 15.8 Å². The zero-order valence-electron chi connectivity index (χ0n) is 13.7. The summed E-state index contributed by atoms with van der Waals surface area (Å²) in [4.78, 5) is 24.2. The van der Waals surface area contributed by atoms with E-state index in [1.165, 1.54) is 24.0 Å². The maximum atomic E-state index is 11.7. The Morgan fingerprint density at radius 1 is 1.29 bits per heavy atom. The number of rotatable bonds is 6. The Morgan fingerprint density at radius 3 is 2.67 bits per heavy atom. The van der Waals surface area contributed by atoms with E-state index in [4.69, 9.17) is 4.74 Å². The highest BCUT2D eigenvalue weighted by molar-refractivity contribution is 7.15. The van der Waals surface area contributed by atoms with Crippen LogP contribution in [0.1, 0.15) is 35.1 Å². The number of methoxy groups -OCH3 is 1. The van der Waals surface area contributed by atoms with E-state index in [2.05, 4.69) is 31.2 Å². The van der Waals surface area contributed by atoms with Gasteiger partial charge < -0.3 is 9.14 Å². The Bertz CT molecular complexity index is 874. The molecule has 0 amide bonds. The number of aromatic nitrogens is 1. The van der Waals surface area contributed by atoms with Crippen molar-refractivity contribution in [3.05, 3.63) is 52.7 Å². The van der Waals surface area contributed by atoms with Gasteiger partial charge in [0, 0.05) is 16.6 Å². The molecule has 2 heterocycles. The van der Waals surface area contributed by atoms with Crippen LogP contribution in [0.2, 0.25) is 0 Å². The molecule has 0 saturated carbocycles. The number of carbonyl (C=O) groups is 2. The fourth-order valence-corrected chi connectivity index (χ4v) is 3.85. The van der Waals surface area contributed by atoms with Crippen molar-refractivity contribution in [2.24, 2.45) is 0 Å².